The molecule has 3 nitrogen and oxygen atoms in total. The lowest BCUT2D eigenvalue weighted by atomic mass is 9.85. The Morgan fingerprint density at radius 2 is 1.48 bits per heavy atom. The fourth-order valence-electron chi connectivity index (χ4n) is 3.21. The van der Waals surface area contributed by atoms with Crippen molar-refractivity contribution in [3.05, 3.63) is 79.9 Å². The maximum atomic E-state index is 10.2. The molecule has 1 unspecified atom stereocenters. The van der Waals surface area contributed by atoms with Crippen LogP contribution in [0.1, 0.15) is 17.5 Å². The molecule has 7 heteroatoms. The quantitative estimate of drug-likeness (QED) is 0.513. The predicted molar refractivity (Wildman–Crippen MR) is 112 cm³/mol. The van der Waals surface area contributed by atoms with Crippen molar-refractivity contribution in [1.29, 1.82) is 0 Å². The number of rotatable bonds is 4. The van der Waals surface area contributed by atoms with E-state index in [1.807, 2.05) is 0 Å². The zero-order valence-electron chi connectivity index (χ0n) is 14.1. The summed E-state index contributed by atoms with van der Waals surface area (Å²) in [5.41, 5.74) is 8.56. The third-order valence-electron chi connectivity index (χ3n) is 4.51. The van der Waals surface area contributed by atoms with Crippen molar-refractivity contribution in [3.8, 4) is 11.5 Å². The lowest BCUT2D eigenvalue weighted by molar-refractivity contribution is 0.464. The molecule has 0 saturated heterocycles. The summed E-state index contributed by atoms with van der Waals surface area (Å²) in [6.45, 7) is 0. The highest BCUT2D eigenvalue weighted by molar-refractivity contribution is 6.40. The number of hydrogen-bond donors (Lipinski definition) is 3. The first kappa shape index (κ1) is 20.2. The average Bonchev–Trinajstić information content (AvgIpc) is 2.60. The summed E-state index contributed by atoms with van der Waals surface area (Å²) in [6.07, 6.45) is 2.66. The predicted octanol–water partition coefficient (Wildman–Crippen LogP) is 5.91. The minimum Gasteiger partial charge on any atom is -0.506 e. The first-order chi connectivity index (χ1) is 12.7. The van der Waals surface area contributed by atoms with Crippen molar-refractivity contribution in [2.45, 2.75) is 24.1 Å². The summed E-state index contributed by atoms with van der Waals surface area (Å²) in [4.78, 5) is -1.02. The number of halogens is 4. The summed E-state index contributed by atoms with van der Waals surface area (Å²) in [5, 5.41) is 21.3. The summed E-state index contributed by atoms with van der Waals surface area (Å²) < 4.78 is 0. The van der Waals surface area contributed by atoms with Gasteiger partial charge in [-0.1, -0.05) is 59.1 Å². The van der Waals surface area contributed by atoms with Gasteiger partial charge in [-0.05, 0) is 34.9 Å². The number of allylic oxidation sites excluding steroid dienone is 4. The first-order valence-corrected chi connectivity index (χ1v) is 9.69. The van der Waals surface area contributed by atoms with Crippen LogP contribution in [-0.2, 0) is 12.8 Å². The number of para-hydroxylation sites is 2. The zero-order chi connectivity index (χ0) is 19.8. The summed E-state index contributed by atoms with van der Waals surface area (Å²) in [6, 6.07) is 10.2. The lowest BCUT2D eigenvalue weighted by Crippen LogP contribution is -2.31. The van der Waals surface area contributed by atoms with Gasteiger partial charge in [-0.2, -0.15) is 0 Å². The Hall–Kier alpha value is -1.52. The van der Waals surface area contributed by atoms with Gasteiger partial charge in [0.05, 0.1) is 14.9 Å². The van der Waals surface area contributed by atoms with E-state index >= 15 is 0 Å². The molecule has 2 aromatic carbocycles. The van der Waals surface area contributed by atoms with Crippen LogP contribution in [0.25, 0.3) is 0 Å². The van der Waals surface area contributed by atoms with Crippen molar-refractivity contribution >= 4 is 46.4 Å². The highest BCUT2D eigenvalue weighted by atomic mass is 35.5. The van der Waals surface area contributed by atoms with Gasteiger partial charge in [-0.15, -0.1) is 11.6 Å². The van der Waals surface area contributed by atoms with Crippen molar-refractivity contribution in [1.82, 2.24) is 0 Å². The van der Waals surface area contributed by atoms with Crippen molar-refractivity contribution in [2.75, 3.05) is 0 Å². The second-order valence-electron chi connectivity index (χ2n) is 6.55. The second-order valence-corrected chi connectivity index (χ2v) is 8.47. The van der Waals surface area contributed by atoms with Gasteiger partial charge in [0.1, 0.15) is 11.5 Å². The van der Waals surface area contributed by atoms with Crippen molar-refractivity contribution in [3.63, 3.8) is 0 Å². The number of benzene rings is 2. The van der Waals surface area contributed by atoms with E-state index in [2.05, 4.69) is 0 Å². The third kappa shape index (κ3) is 4.17. The zero-order valence-corrected chi connectivity index (χ0v) is 17.2. The number of nitrogens with two attached hydrogens (primary N) is 1. The normalized spacial score (nSPS) is 19.9. The molecule has 27 heavy (non-hydrogen) atoms. The molecule has 0 amide bonds. The van der Waals surface area contributed by atoms with E-state index in [9.17, 15) is 10.2 Å². The van der Waals surface area contributed by atoms with Crippen LogP contribution in [0.15, 0.2) is 58.8 Å². The van der Waals surface area contributed by atoms with Crippen LogP contribution in [-0.4, -0.2) is 15.1 Å². The van der Waals surface area contributed by atoms with Crippen LogP contribution in [0.3, 0.4) is 0 Å². The monoisotopic (exact) mass is 443 g/mol. The molecule has 0 saturated carbocycles. The molecular weight excluding hydrogens is 428 g/mol. The van der Waals surface area contributed by atoms with Gasteiger partial charge in [-0.25, -0.2) is 0 Å². The third-order valence-corrected chi connectivity index (χ3v) is 6.28. The Bertz CT molecular complexity index is 955. The largest absolute Gasteiger partial charge is 0.506 e. The summed E-state index contributed by atoms with van der Waals surface area (Å²) >= 11 is 25.5. The molecule has 4 N–H and O–H groups in total. The molecule has 1 aliphatic carbocycles. The molecule has 0 fully saturated rings. The lowest BCUT2D eigenvalue weighted by Gasteiger charge is -2.32. The van der Waals surface area contributed by atoms with E-state index in [4.69, 9.17) is 52.1 Å². The average molecular weight is 445 g/mol. The molecule has 0 radical (unpaired) electrons. The maximum Gasteiger partial charge on any atom is 0.137 e. The molecule has 0 spiro atoms. The van der Waals surface area contributed by atoms with E-state index in [1.54, 1.807) is 42.5 Å². The topological polar surface area (TPSA) is 66.5 Å². The van der Waals surface area contributed by atoms with Crippen LogP contribution in [0, 0.1) is 0 Å². The van der Waals surface area contributed by atoms with E-state index in [-0.39, 0.29) is 28.0 Å². The van der Waals surface area contributed by atoms with Crippen LogP contribution in [0.2, 0.25) is 10.0 Å². The molecule has 1 aliphatic rings. The minimum absolute atomic E-state index is 0.00124. The molecule has 0 aliphatic heterocycles. The van der Waals surface area contributed by atoms with Crippen LogP contribution < -0.4 is 5.73 Å². The smallest absolute Gasteiger partial charge is 0.137 e. The van der Waals surface area contributed by atoms with Crippen LogP contribution in [0.5, 0.6) is 11.5 Å². The highest BCUT2D eigenvalue weighted by Crippen LogP contribution is 2.45. The van der Waals surface area contributed by atoms with E-state index in [0.717, 1.165) is 0 Å². The molecule has 1 atom stereocenters. The SMILES string of the molecule is NC1=CC(Cc2cccc(Cl)c2O)=C(Cl)C(Cl)(Cc2cccc(Cl)c2O)C1. The number of alkyl halides is 1. The molecule has 0 bridgehead atoms. The van der Waals surface area contributed by atoms with Crippen molar-refractivity contribution in [2.24, 2.45) is 5.73 Å². The van der Waals surface area contributed by atoms with Gasteiger partial charge >= 0.3 is 0 Å². The first-order valence-electron chi connectivity index (χ1n) is 8.18. The fourth-order valence-corrected chi connectivity index (χ4v) is 4.27. The van der Waals surface area contributed by atoms with Crippen LogP contribution >= 0.6 is 46.4 Å². The van der Waals surface area contributed by atoms with Gasteiger partial charge in [0.25, 0.3) is 0 Å². The standard InChI is InChI=1S/C20H17Cl4NO2/c21-15-5-1-3-11(17(15)26)7-13-8-14(25)10-20(24,19(13)23)9-12-4-2-6-16(22)18(12)27/h1-6,8,26-27H,7,9-10,25H2. The van der Waals surface area contributed by atoms with E-state index < -0.39 is 4.87 Å². The van der Waals surface area contributed by atoms with Gasteiger partial charge in [0.15, 0.2) is 0 Å². The Morgan fingerprint density at radius 1 is 0.926 bits per heavy atom. The molecule has 2 aromatic rings. The molecule has 0 aromatic heterocycles. The van der Waals surface area contributed by atoms with Gasteiger partial charge in [0.2, 0.25) is 0 Å². The minimum atomic E-state index is -1.02. The Morgan fingerprint density at radius 3 is 2.11 bits per heavy atom. The number of aromatic hydroxyl groups is 2. The number of phenols is 2. The molecule has 0 heterocycles. The van der Waals surface area contributed by atoms with Gasteiger partial charge in [-0.3, -0.25) is 0 Å². The van der Waals surface area contributed by atoms with E-state index in [0.29, 0.717) is 40.3 Å². The summed E-state index contributed by atoms with van der Waals surface area (Å²) in [5.74, 6) is -0.0212. The molecule has 3 rings (SSSR count). The van der Waals surface area contributed by atoms with Crippen LogP contribution in [0.4, 0.5) is 0 Å². The molecule has 142 valence electrons. The number of hydrogen-bond acceptors (Lipinski definition) is 3. The fraction of sp³-hybridized carbons (Fsp3) is 0.200. The highest BCUT2D eigenvalue weighted by Gasteiger charge is 2.37. The van der Waals surface area contributed by atoms with E-state index in [1.165, 1.54) is 0 Å². The Kier molecular flexibility index (Phi) is 5.87. The van der Waals surface area contributed by atoms with Gasteiger partial charge < -0.3 is 15.9 Å². The Balaban J connectivity index is 1.98. The molecular formula is C20H17Cl4NO2. The Labute approximate surface area is 177 Å². The number of phenolic OH excluding ortho intramolecular Hbond substituents is 2. The summed E-state index contributed by atoms with van der Waals surface area (Å²) in [7, 11) is 0. The van der Waals surface area contributed by atoms with Crippen molar-refractivity contribution < 1.29 is 10.2 Å². The van der Waals surface area contributed by atoms with Gasteiger partial charge in [0, 0.05) is 30.0 Å². The second kappa shape index (κ2) is 7.84. The maximum absolute atomic E-state index is 10.2.